The average molecular weight is 778 g/mol. The maximum absolute atomic E-state index is 6.27. The van der Waals surface area contributed by atoms with Gasteiger partial charge in [0.1, 0.15) is 22.1 Å². The van der Waals surface area contributed by atoms with E-state index < -0.39 is 0 Å². The van der Waals surface area contributed by atoms with Gasteiger partial charge in [0.15, 0.2) is 39.8 Å². The molecule has 0 saturated carbocycles. The second-order valence-electron chi connectivity index (χ2n) is 14.2. The number of nitrogens with zero attached hydrogens (tertiary/aromatic N) is 7. The number of para-hydroxylation sites is 8. The van der Waals surface area contributed by atoms with E-state index in [-0.39, 0.29) is 0 Å². The maximum Gasteiger partial charge on any atom is 0.227 e. The topological polar surface area (TPSA) is 143 Å². The Morgan fingerprint density at radius 2 is 0.500 bits per heavy atom. The van der Waals surface area contributed by atoms with Crippen LogP contribution in [0.1, 0.15) is 0 Å². The van der Waals surface area contributed by atoms with Crippen molar-refractivity contribution in [3.05, 3.63) is 164 Å². The molecular formula is C49H27N7O4. The summed E-state index contributed by atoms with van der Waals surface area (Å²) in [6.45, 7) is 0. The molecule has 0 amide bonds. The molecule has 0 spiro atoms. The Hall–Kier alpha value is -8.57. The molecule has 60 heavy (non-hydrogen) atoms. The lowest BCUT2D eigenvalue weighted by molar-refractivity contribution is 0.617. The number of aromatic nitrogens is 7. The lowest BCUT2D eigenvalue weighted by Crippen LogP contribution is -2.01. The van der Waals surface area contributed by atoms with Gasteiger partial charge in [0.05, 0.1) is 0 Å². The van der Waals surface area contributed by atoms with Gasteiger partial charge in [0.25, 0.3) is 0 Å². The summed E-state index contributed by atoms with van der Waals surface area (Å²) in [6, 6.07) is 52.3. The van der Waals surface area contributed by atoms with Crippen molar-refractivity contribution in [3.63, 3.8) is 0 Å². The van der Waals surface area contributed by atoms with Crippen molar-refractivity contribution >= 4 is 44.4 Å². The van der Waals surface area contributed by atoms with Gasteiger partial charge >= 0.3 is 0 Å². The van der Waals surface area contributed by atoms with Crippen LogP contribution in [0.15, 0.2) is 181 Å². The highest BCUT2D eigenvalue weighted by atomic mass is 16.4. The Morgan fingerprint density at radius 1 is 0.233 bits per heavy atom. The van der Waals surface area contributed by atoms with Crippen LogP contribution in [0.2, 0.25) is 0 Å². The van der Waals surface area contributed by atoms with Gasteiger partial charge in [-0.3, -0.25) is 0 Å². The Bertz CT molecular complexity index is 3210. The molecular weight excluding hydrogens is 751 g/mol. The normalized spacial score (nSPS) is 11.7. The number of hydrogen-bond donors (Lipinski definition) is 0. The van der Waals surface area contributed by atoms with Gasteiger partial charge < -0.3 is 17.7 Å². The zero-order valence-electron chi connectivity index (χ0n) is 31.4. The van der Waals surface area contributed by atoms with Crippen molar-refractivity contribution in [1.29, 1.82) is 0 Å². The second-order valence-corrected chi connectivity index (χ2v) is 14.2. The van der Waals surface area contributed by atoms with Crippen LogP contribution in [0.4, 0.5) is 0 Å². The fourth-order valence-corrected chi connectivity index (χ4v) is 7.27. The van der Waals surface area contributed by atoms with Crippen LogP contribution in [0.25, 0.3) is 124 Å². The number of oxazole rings is 4. The summed E-state index contributed by atoms with van der Waals surface area (Å²) in [5.41, 5.74) is 11.2. The van der Waals surface area contributed by atoms with Gasteiger partial charge in [-0.25, -0.2) is 34.9 Å². The third-order valence-electron chi connectivity index (χ3n) is 10.3. The van der Waals surface area contributed by atoms with E-state index in [1.54, 1.807) is 0 Å². The van der Waals surface area contributed by atoms with Crippen LogP contribution < -0.4 is 0 Å². The minimum atomic E-state index is 0.427. The molecule has 5 heterocycles. The summed E-state index contributed by atoms with van der Waals surface area (Å²) in [5, 5.41) is 0. The fraction of sp³-hybridized carbons (Fsp3) is 0. The molecule has 0 radical (unpaired) electrons. The van der Waals surface area contributed by atoms with Crippen molar-refractivity contribution < 1.29 is 17.7 Å². The van der Waals surface area contributed by atoms with Gasteiger partial charge in [0, 0.05) is 38.9 Å². The van der Waals surface area contributed by atoms with E-state index in [2.05, 4.69) is 9.97 Å². The van der Waals surface area contributed by atoms with E-state index in [0.717, 1.165) is 55.5 Å². The number of benzene rings is 7. The van der Waals surface area contributed by atoms with Gasteiger partial charge in [-0.2, -0.15) is 0 Å². The SMILES string of the molecule is c1ccc2oc(-c3ccc(-c4nc(-c5ccc(-c6nc7ccccc7o6)cc5)nc(-c5cc(-c6nc7ccccc7o6)cc(-c6nc7ccccc7o6)c5)n4)cc3)nc2c1. The molecule has 12 rings (SSSR count). The molecule has 0 N–H and O–H groups in total. The van der Waals surface area contributed by atoms with Crippen molar-refractivity contribution in [3.8, 4) is 80.0 Å². The molecule has 282 valence electrons. The Morgan fingerprint density at radius 3 is 0.833 bits per heavy atom. The maximum atomic E-state index is 6.27. The molecule has 0 aliphatic heterocycles. The monoisotopic (exact) mass is 777 g/mol. The number of hydrogen-bond acceptors (Lipinski definition) is 11. The zero-order chi connectivity index (χ0) is 39.6. The summed E-state index contributed by atoms with van der Waals surface area (Å²) >= 11 is 0. The number of rotatable bonds is 7. The summed E-state index contributed by atoms with van der Waals surface area (Å²) < 4.78 is 24.7. The molecule has 0 unspecified atom stereocenters. The summed E-state index contributed by atoms with van der Waals surface area (Å²) in [6.07, 6.45) is 0. The molecule has 11 nitrogen and oxygen atoms in total. The fourth-order valence-electron chi connectivity index (χ4n) is 7.27. The molecule has 0 bridgehead atoms. The van der Waals surface area contributed by atoms with E-state index in [0.29, 0.717) is 68.9 Å². The van der Waals surface area contributed by atoms with Crippen LogP contribution in [0, 0.1) is 0 Å². The Balaban J connectivity index is 1.01. The van der Waals surface area contributed by atoms with Crippen molar-refractivity contribution in [2.24, 2.45) is 0 Å². The minimum Gasteiger partial charge on any atom is -0.436 e. The summed E-state index contributed by atoms with van der Waals surface area (Å²) in [7, 11) is 0. The lowest BCUT2D eigenvalue weighted by atomic mass is 10.0. The van der Waals surface area contributed by atoms with Crippen molar-refractivity contribution in [2.75, 3.05) is 0 Å². The molecule has 7 aromatic carbocycles. The molecule has 12 aromatic rings. The molecule has 0 fully saturated rings. The minimum absolute atomic E-state index is 0.427. The first-order chi connectivity index (χ1) is 29.6. The van der Waals surface area contributed by atoms with Gasteiger partial charge in [-0.05, 0) is 91.0 Å². The predicted molar refractivity (Wildman–Crippen MR) is 228 cm³/mol. The standard InChI is InChI=1S/C49H27N7O4/c1-5-13-39-35(9-1)50-46(57-39)30-21-17-28(18-22-30)43-54-44(29-19-23-31(24-20-29)47-51-36-10-2-6-14-40(36)58-47)56-45(55-43)32-25-33(48-52-37-11-3-7-15-41(37)59-48)27-34(26-32)49-53-38-12-4-8-16-42(38)60-49/h1-27H. The van der Waals surface area contributed by atoms with Crippen LogP contribution >= 0.6 is 0 Å². The first kappa shape index (κ1) is 33.6. The van der Waals surface area contributed by atoms with Crippen molar-refractivity contribution in [2.45, 2.75) is 0 Å². The van der Waals surface area contributed by atoms with Crippen LogP contribution in [0.5, 0.6) is 0 Å². The van der Waals surface area contributed by atoms with E-state index in [9.17, 15) is 0 Å². The van der Waals surface area contributed by atoms with E-state index in [4.69, 9.17) is 42.6 Å². The third kappa shape index (κ3) is 5.96. The molecule has 0 aliphatic rings. The summed E-state index contributed by atoms with van der Waals surface area (Å²) in [5.74, 6) is 3.30. The van der Waals surface area contributed by atoms with Gasteiger partial charge in [-0.1, -0.05) is 72.8 Å². The first-order valence-corrected chi connectivity index (χ1v) is 19.2. The van der Waals surface area contributed by atoms with E-state index >= 15 is 0 Å². The van der Waals surface area contributed by atoms with Crippen LogP contribution in [-0.2, 0) is 0 Å². The predicted octanol–water partition coefficient (Wildman–Crippen LogP) is 12.1. The first-order valence-electron chi connectivity index (χ1n) is 19.2. The zero-order valence-corrected chi connectivity index (χ0v) is 31.4. The lowest BCUT2D eigenvalue weighted by Gasteiger charge is -2.10. The largest absolute Gasteiger partial charge is 0.436 e. The van der Waals surface area contributed by atoms with E-state index in [1.807, 2.05) is 164 Å². The molecule has 11 heteroatoms. The molecule has 0 saturated heterocycles. The van der Waals surface area contributed by atoms with Gasteiger partial charge in [-0.15, -0.1) is 0 Å². The average Bonchev–Trinajstić information content (AvgIpc) is 4.13. The highest BCUT2D eigenvalue weighted by molar-refractivity contribution is 5.83. The molecule has 0 aliphatic carbocycles. The second kappa shape index (κ2) is 13.5. The smallest absolute Gasteiger partial charge is 0.227 e. The van der Waals surface area contributed by atoms with Crippen LogP contribution in [-0.4, -0.2) is 34.9 Å². The summed E-state index contributed by atoms with van der Waals surface area (Å²) in [4.78, 5) is 34.2. The quantitative estimate of drug-likeness (QED) is 0.152. The number of fused-ring (bicyclic) bond motifs is 4. The van der Waals surface area contributed by atoms with Crippen LogP contribution in [0.3, 0.4) is 0 Å². The Labute approximate surface area is 339 Å². The van der Waals surface area contributed by atoms with Gasteiger partial charge in [0.2, 0.25) is 23.6 Å². The highest BCUT2D eigenvalue weighted by Crippen LogP contribution is 2.36. The highest BCUT2D eigenvalue weighted by Gasteiger charge is 2.20. The molecule has 0 atom stereocenters. The Kier molecular flexibility index (Phi) is 7.57. The molecule has 5 aromatic heterocycles. The third-order valence-corrected chi connectivity index (χ3v) is 10.3. The van der Waals surface area contributed by atoms with E-state index in [1.165, 1.54) is 0 Å². The van der Waals surface area contributed by atoms with Crippen molar-refractivity contribution in [1.82, 2.24) is 34.9 Å².